The van der Waals surface area contributed by atoms with E-state index in [1.165, 1.54) is 32.4 Å². The molecule has 0 amide bonds. The van der Waals surface area contributed by atoms with Crippen LogP contribution in [0.15, 0.2) is 52.2 Å². The first-order chi connectivity index (χ1) is 13.7. The van der Waals surface area contributed by atoms with Gasteiger partial charge in [0.25, 0.3) is 0 Å². The van der Waals surface area contributed by atoms with Crippen LogP contribution in [0.5, 0.6) is 0 Å². The van der Waals surface area contributed by atoms with E-state index in [0.717, 1.165) is 23.0 Å². The molecule has 1 aliphatic heterocycles. The number of nitrogens with two attached hydrogens (primary N) is 1. The molecule has 3 heterocycles. The minimum absolute atomic E-state index is 0.192. The monoisotopic (exact) mass is 400 g/mol. The van der Waals surface area contributed by atoms with Gasteiger partial charge in [0.05, 0.1) is 31.0 Å². The fourth-order valence-electron chi connectivity index (χ4n) is 2.98. The average molecular weight is 401 g/mol. The van der Waals surface area contributed by atoms with Gasteiger partial charge in [0.1, 0.15) is 0 Å². The van der Waals surface area contributed by atoms with Gasteiger partial charge in [0.2, 0.25) is 5.82 Å². The number of para-hydroxylation sites is 1. The van der Waals surface area contributed by atoms with E-state index in [1.807, 2.05) is 31.2 Å². The van der Waals surface area contributed by atoms with Crippen LogP contribution in [-0.2, 0) is 4.79 Å². The van der Waals surface area contributed by atoms with E-state index in [4.69, 9.17) is 4.42 Å². The minimum Gasteiger partial charge on any atom is -0.549 e. The van der Waals surface area contributed by atoms with Crippen molar-refractivity contribution in [3.05, 3.63) is 48.2 Å². The number of thioether (sulfide) groups is 1. The Balaban J connectivity index is 0.000000320. The summed E-state index contributed by atoms with van der Waals surface area (Å²) >= 11 is 1.06. The van der Waals surface area contributed by atoms with Crippen molar-refractivity contribution in [1.29, 1.82) is 0 Å². The molecule has 7 nitrogen and oxygen atoms in total. The number of piperidine rings is 1. The van der Waals surface area contributed by atoms with Crippen LogP contribution >= 0.6 is 11.8 Å². The highest BCUT2D eigenvalue weighted by Crippen LogP contribution is 2.29. The number of carboxylic acids is 1. The Labute approximate surface area is 168 Å². The molecule has 148 valence electrons. The first-order valence-corrected chi connectivity index (χ1v) is 10.3. The number of carbonyl (C=O) groups excluding carboxylic acids is 1. The van der Waals surface area contributed by atoms with Crippen molar-refractivity contribution >= 4 is 17.7 Å². The molecule has 2 aromatic heterocycles. The van der Waals surface area contributed by atoms with Gasteiger partial charge in [-0.3, -0.25) is 4.57 Å². The number of benzene rings is 1. The number of furan rings is 1. The largest absolute Gasteiger partial charge is 0.549 e. The first kappa shape index (κ1) is 20.2. The second-order valence-electron chi connectivity index (χ2n) is 6.49. The van der Waals surface area contributed by atoms with Gasteiger partial charge < -0.3 is 19.6 Å². The summed E-state index contributed by atoms with van der Waals surface area (Å²) in [6.45, 7) is 4.72. The van der Waals surface area contributed by atoms with E-state index in [1.54, 1.807) is 23.0 Å². The van der Waals surface area contributed by atoms with Gasteiger partial charge in [0.15, 0.2) is 10.9 Å². The number of hydrogen-bond acceptors (Lipinski definition) is 6. The summed E-state index contributed by atoms with van der Waals surface area (Å²) < 4.78 is 7.19. The van der Waals surface area contributed by atoms with E-state index < -0.39 is 5.97 Å². The molecule has 8 heteroatoms. The van der Waals surface area contributed by atoms with Gasteiger partial charge in [-0.15, -0.1) is 10.2 Å². The summed E-state index contributed by atoms with van der Waals surface area (Å²) in [6.07, 6.45) is 5.91. The van der Waals surface area contributed by atoms with Crippen LogP contribution in [0.25, 0.3) is 17.3 Å². The lowest BCUT2D eigenvalue weighted by atomic mass is 10.2. The zero-order valence-corrected chi connectivity index (χ0v) is 16.7. The van der Waals surface area contributed by atoms with Gasteiger partial charge >= 0.3 is 0 Å². The number of carbonyl (C=O) groups is 1. The fourth-order valence-corrected chi connectivity index (χ4v) is 3.64. The second kappa shape index (κ2) is 10.1. The summed E-state index contributed by atoms with van der Waals surface area (Å²) in [6, 6.07) is 11.3. The van der Waals surface area contributed by atoms with E-state index >= 15 is 0 Å². The topological polar surface area (TPSA) is 101 Å². The number of aryl methyl sites for hydroxylation is 1. The number of hydrogen-bond donors (Lipinski definition) is 1. The van der Waals surface area contributed by atoms with Gasteiger partial charge in [-0.05, 0) is 49.9 Å². The van der Waals surface area contributed by atoms with Crippen molar-refractivity contribution in [2.24, 2.45) is 0 Å². The van der Waals surface area contributed by atoms with Gasteiger partial charge in [-0.2, -0.15) is 0 Å². The number of rotatable bonds is 5. The average Bonchev–Trinajstić information content (AvgIpc) is 3.38. The lowest BCUT2D eigenvalue weighted by Gasteiger charge is -2.11. The molecule has 1 fully saturated rings. The van der Waals surface area contributed by atoms with E-state index in [-0.39, 0.29) is 5.75 Å². The third-order valence-electron chi connectivity index (χ3n) is 4.37. The lowest BCUT2D eigenvalue weighted by molar-refractivity contribution is -0.662. The normalized spacial score (nSPS) is 13.6. The number of quaternary nitrogens is 1. The Morgan fingerprint density at radius 1 is 1.18 bits per heavy atom. The Morgan fingerprint density at radius 2 is 1.96 bits per heavy atom. The van der Waals surface area contributed by atoms with E-state index in [9.17, 15) is 9.90 Å². The maximum absolute atomic E-state index is 10.7. The van der Waals surface area contributed by atoms with Gasteiger partial charge in [0, 0.05) is 5.75 Å². The molecule has 28 heavy (non-hydrogen) atoms. The molecule has 0 bridgehead atoms. The van der Waals surface area contributed by atoms with Crippen LogP contribution in [0, 0.1) is 6.92 Å². The molecule has 3 aromatic rings. The fraction of sp³-hybridized carbons (Fsp3) is 0.350. The number of carboxylic acid groups (broad SMARTS) is 1. The molecule has 4 rings (SSSR count). The minimum atomic E-state index is -1.15. The third-order valence-corrected chi connectivity index (χ3v) is 5.27. The molecule has 1 saturated heterocycles. The molecule has 0 unspecified atom stereocenters. The molecule has 0 saturated carbocycles. The lowest BCUT2D eigenvalue weighted by Crippen LogP contribution is -2.85. The zero-order chi connectivity index (χ0) is 19.8. The van der Waals surface area contributed by atoms with Crippen molar-refractivity contribution in [2.45, 2.75) is 31.3 Å². The summed E-state index contributed by atoms with van der Waals surface area (Å²) in [5.41, 5.74) is 1.89. The molecule has 0 spiro atoms. The van der Waals surface area contributed by atoms with E-state index in [0.29, 0.717) is 16.7 Å². The van der Waals surface area contributed by atoms with Crippen LogP contribution < -0.4 is 10.4 Å². The van der Waals surface area contributed by atoms with Gasteiger partial charge in [-0.1, -0.05) is 30.0 Å². The van der Waals surface area contributed by atoms with Crippen LogP contribution in [-0.4, -0.2) is 39.6 Å². The van der Waals surface area contributed by atoms with Crippen molar-refractivity contribution < 1.29 is 19.6 Å². The molecular weight excluding hydrogens is 376 g/mol. The SMILES string of the molecule is C1CC[NH2+]CC1.Cc1ccccc1-n1c(SCC(=O)[O-])nnc1-c1ccco1. The van der Waals surface area contributed by atoms with Gasteiger partial charge in [-0.25, -0.2) is 0 Å². The highest BCUT2D eigenvalue weighted by atomic mass is 32.2. The Morgan fingerprint density at radius 3 is 2.54 bits per heavy atom. The number of nitrogens with zero attached hydrogens (tertiary/aromatic N) is 3. The molecule has 0 radical (unpaired) electrons. The molecule has 2 N–H and O–H groups in total. The first-order valence-electron chi connectivity index (χ1n) is 9.36. The summed E-state index contributed by atoms with van der Waals surface area (Å²) in [4.78, 5) is 10.7. The Bertz CT molecular complexity index is 877. The maximum atomic E-state index is 10.7. The van der Waals surface area contributed by atoms with Crippen molar-refractivity contribution in [2.75, 3.05) is 18.8 Å². The molecule has 0 aliphatic carbocycles. The van der Waals surface area contributed by atoms with Crippen molar-refractivity contribution in [1.82, 2.24) is 14.8 Å². The number of aromatic nitrogens is 3. The molecule has 1 aromatic carbocycles. The van der Waals surface area contributed by atoms with Crippen LogP contribution in [0.2, 0.25) is 0 Å². The van der Waals surface area contributed by atoms with Crippen LogP contribution in [0.1, 0.15) is 24.8 Å². The zero-order valence-electron chi connectivity index (χ0n) is 15.8. The van der Waals surface area contributed by atoms with E-state index in [2.05, 4.69) is 15.5 Å². The molecule has 1 aliphatic rings. The Hall–Kier alpha value is -2.58. The summed E-state index contributed by atoms with van der Waals surface area (Å²) in [5.74, 6) is -0.248. The predicted molar refractivity (Wildman–Crippen MR) is 105 cm³/mol. The molecular formula is C20H24N4O3S. The molecule has 0 atom stereocenters. The number of aliphatic carboxylic acids is 1. The third kappa shape index (κ3) is 5.24. The van der Waals surface area contributed by atoms with Crippen molar-refractivity contribution in [3.8, 4) is 17.3 Å². The predicted octanol–water partition coefficient (Wildman–Crippen LogP) is 1.41. The smallest absolute Gasteiger partial charge is 0.205 e. The van der Waals surface area contributed by atoms with Crippen LogP contribution in [0.3, 0.4) is 0 Å². The summed E-state index contributed by atoms with van der Waals surface area (Å²) in [5, 5.41) is 21.8. The highest BCUT2D eigenvalue weighted by molar-refractivity contribution is 7.99. The maximum Gasteiger partial charge on any atom is 0.205 e. The Kier molecular flexibility index (Phi) is 7.27. The second-order valence-corrected chi connectivity index (χ2v) is 7.44. The van der Waals surface area contributed by atoms with Crippen LogP contribution in [0.4, 0.5) is 0 Å². The summed E-state index contributed by atoms with van der Waals surface area (Å²) in [7, 11) is 0. The van der Waals surface area contributed by atoms with Crippen molar-refractivity contribution in [3.63, 3.8) is 0 Å². The highest BCUT2D eigenvalue weighted by Gasteiger charge is 2.18. The standard InChI is InChI=1S/C15H13N3O3S.C5H11N/c1-10-5-2-3-6-11(10)18-14(12-7-4-8-21-12)16-17-15(18)22-9-13(19)20;1-2-4-6-5-3-1/h2-8H,9H2,1H3,(H,19,20);6H,1-5H2. The quantitative estimate of drug-likeness (QED) is 0.650.